The number of hydrogen-bond donors (Lipinski definition) is 2. The van der Waals surface area contributed by atoms with Gasteiger partial charge in [-0.3, -0.25) is 14.9 Å². The second kappa shape index (κ2) is 7.43. The summed E-state index contributed by atoms with van der Waals surface area (Å²) in [6, 6.07) is 1.82. The predicted molar refractivity (Wildman–Crippen MR) is 71.5 cm³/mol. The van der Waals surface area contributed by atoms with Crippen LogP contribution in [0.4, 0.5) is 5.69 Å². The first-order valence-corrected chi connectivity index (χ1v) is 6.68. The Kier molecular flexibility index (Phi) is 5.91. The lowest BCUT2D eigenvalue weighted by Gasteiger charge is -2.11. The average Bonchev–Trinajstić information content (AvgIpc) is 2.42. The quantitative estimate of drug-likeness (QED) is 0.438. The van der Waals surface area contributed by atoms with Crippen LogP contribution in [0.25, 0.3) is 0 Å². The lowest BCUT2D eigenvalue weighted by molar-refractivity contribution is -0.385. The molecule has 0 bridgehead atoms. The molecule has 0 fully saturated rings. The van der Waals surface area contributed by atoms with Crippen LogP contribution in [0.1, 0.15) is 13.3 Å². The summed E-state index contributed by atoms with van der Waals surface area (Å²) in [5, 5.41) is 22.1. The summed E-state index contributed by atoms with van der Waals surface area (Å²) in [5.41, 5.74) is -0.129. The highest BCUT2D eigenvalue weighted by molar-refractivity contribution is 7.99. The standard InChI is InChI=1S/C11H13N3O5S/c1-2-8(11(16)17)13-9(15)6-20-10-4-3-7(5-12-10)14(18)19/h3-5,8H,2,6H2,1H3,(H,13,15)(H,16,17). The summed E-state index contributed by atoms with van der Waals surface area (Å²) < 4.78 is 0. The molecule has 2 N–H and O–H groups in total. The molecule has 0 spiro atoms. The normalized spacial score (nSPS) is 11.7. The third-order valence-electron chi connectivity index (χ3n) is 2.32. The Morgan fingerprint density at radius 2 is 2.25 bits per heavy atom. The molecule has 1 aromatic rings. The summed E-state index contributed by atoms with van der Waals surface area (Å²) >= 11 is 1.07. The highest BCUT2D eigenvalue weighted by Gasteiger charge is 2.17. The van der Waals surface area contributed by atoms with E-state index in [2.05, 4.69) is 10.3 Å². The number of carbonyl (C=O) groups excluding carboxylic acids is 1. The maximum absolute atomic E-state index is 11.5. The summed E-state index contributed by atoms with van der Waals surface area (Å²) in [4.78, 5) is 36.0. The lowest BCUT2D eigenvalue weighted by atomic mass is 10.2. The van der Waals surface area contributed by atoms with E-state index in [0.717, 1.165) is 18.0 Å². The Morgan fingerprint density at radius 3 is 2.70 bits per heavy atom. The molecule has 9 heteroatoms. The van der Waals surface area contributed by atoms with Crippen molar-refractivity contribution in [2.24, 2.45) is 0 Å². The summed E-state index contributed by atoms with van der Waals surface area (Å²) in [6.07, 6.45) is 1.40. The molecule has 1 unspecified atom stereocenters. The van der Waals surface area contributed by atoms with E-state index >= 15 is 0 Å². The monoisotopic (exact) mass is 299 g/mol. The topological polar surface area (TPSA) is 122 Å². The van der Waals surface area contributed by atoms with Gasteiger partial charge in [0, 0.05) is 6.07 Å². The van der Waals surface area contributed by atoms with Crippen LogP contribution in [0.15, 0.2) is 23.4 Å². The Hall–Kier alpha value is -2.16. The Bertz CT molecular complexity index is 505. The molecule has 8 nitrogen and oxygen atoms in total. The lowest BCUT2D eigenvalue weighted by Crippen LogP contribution is -2.41. The fraction of sp³-hybridized carbons (Fsp3) is 0.364. The molecule has 0 aromatic carbocycles. The highest BCUT2D eigenvalue weighted by atomic mass is 32.2. The molecule has 1 atom stereocenters. The van der Waals surface area contributed by atoms with Crippen molar-refractivity contribution >= 4 is 29.3 Å². The first-order valence-electron chi connectivity index (χ1n) is 5.69. The van der Waals surface area contributed by atoms with Gasteiger partial charge in [-0.2, -0.15) is 0 Å². The van der Waals surface area contributed by atoms with E-state index in [1.165, 1.54) is 12.1 Å². The average molecular weight is 299 g/mol. The highest BCUT2D eigenvalue weighted by Crippen LogP contribution is 2.17. The van der Waals surface area contributed by atoms with Crippen molar-refractivity contribution in [3.05, 3.63) is 28.4 Å². The summed E-state index contributed by atoms with van der Waals surface area (Å²) in [6.45, 7) is 1.66. The summed E-state index contributed by atoms with van der Waals surface area (Å²) in [7, 11) is 0. The number of carbonyl (C=O) groups is 2. The Balaban J connectivity index is 2.48. The molecular formula is C11H13N3O5S. The van der Waals surface area contributed by atoms with Gasteiger partial charge in [-0.05, 0) is 12.5 Å². The van der Waals surface area contributed by atoms with Gasteiger partial charge in [-0.15, -0.1) is 0 Å². The number of carboxylic acids is 1. The minimum absolute atomic E-state index is 0.00537. The van der Waals surface area contributed by atoms with Crippen LogP contribution in [0.2, 0.25) is 0 Å². The summed E-state index contributed by atoms with van der Waals surface area (Å²) in [5.74, 6) is -1.52. The van der Waals surface area contributed by atoms with Crippen LogP contribution in [0.5, 0.6) is 0 Å². The van der Waals surface area contributed by atoms with Gasteiger partial charge in [-0.1, -0.05) is 18.7 Å². The maximum Gasteiger partial charge on any atom is 0.326 e. The molecule has 1 aromatic heterocycles. The fourth-order valence-electron chi connectivity index (χ4n) is 1.28. The van der Waals surface area contributed by atoms with E-state index in [-0.39, 0.29) is 11.4 Å². The van der Waals surface area contributed by atoms with Crippen molar-refractivity contribution in [1.29, 1.82) is 0 Å². The molecule has 0 aliphatic rings. The van der Waals surface area contributed by atoms with Crippen molar-refractivity contribution < 1.29 is 19.6 Å². The van der Waals surface area contributed by atoms with Gasteiger partial charge in [0.25, 0.3) is 5.69 Å². The Morgan fingerprint density at radius 1 is 1.55 bits per heavy atom. The third kappa shape index (κ3) is 4.84. The number of nitrogens with one attached hydrogen (secondary N) is 1. The van der Waals surface area contributed by atoms with E-state index in [1.807, 2.05) is 0 Å². The van der Waals surface area contributed by atoms with Crippen molar-refractivity contribution in [3.63, 3.8) is 0 Å². The number of nitro groups is 1. The third-order valence-corrected chi connectivity index (χ3v) is 3.27. The van der Waals surface area contributed by atoms with E-state index < -0.39 is 22.8 Å². The van der Waals surface area contributed by atoms with Crippen LogP contribution in [-0.4, -0.2) is 38.7 Å². The fourth-order valence-corrected chi connectivity index (χ4v) is 1.93. The number of hydrogen-bond acceptors (Lipinski definition) is 6. The van der Waals surface area contributed by atoms with Crippen molar-refractivity contribution in [3.8, 4) is 0 Å². The molecule has 1 rings (SSSR count). The van der Waals surface area contributed by atoms with Crippen LogP contribution in [0, 0.1) is 10.1 Å². The molecule has 1 heterocycles. The van der Waals surface area contributed by atoms with Crippen molar-refractivity contribution in [2.75, 3.05) is 5.75 Å². The van der Waals surface area contributed by atoms with Crippen LogP contribution in [0.3, 0.4) is 0 Å². The van der Waals surface area contributed by atoms with Gasteiger partial charge >= 0.3 is 5.97 Å². The smallest absolute Gasteiger partial charge is 0.326 e. The van der Waals surface area contributed by atoms with E-state index in [0.29, 0.717) is 11.4 Å². The number of aromatic nitrogens is 1. The minimum Gasteiger partial charge on any atom is -0.480 e. The molecule has 0 saturated carbocycles. The SMILES string of the molecule is CCC(NC(=O)CSc1ccc([N+](=O)[O-])cn1)C(=O)O. The zero-order valence-electron chi connectivity index (χ0n) is 10.6. The maximum atomic E-state index is 11.5. The first kappa shape index (κ1) is 15.9. The minimum atomic E-state index is -1.08. The van der Waals surface area contributed by atoms with Gasteiger partial charge in [-0.25, -0.2) is 9.78 Å². The molecule has 20 heavy (non-hydrogen) atoms. The van der Waals surface area contributed by atoms with E-state index in [4.69, 9.17) is 5.11 Å². The molecular weight excluding hydrogens is 286 g/mol. The van der Waals surface area contributed by atoms with Crippen molar-refractivity contribution in [1.82, 2.24) is 10.3 Å². The largest absolute Gasteiger partial charge is 0.480 e. The van der Waals surface area contributed by atoms with Gasteiger partial charge in [0.15, 0.2) is 0 Å². The Labute approximate surface area is 118 Å². The number of pyridine rings is 1. The molecule has 0 saturated heterocycles. The van der Waals surface area contributed by atoms with Gasteiger partial charge in [0.1, 0.15) is 12.2 Å². The number of amides is 1. The number of rotatable bonds is 7. The van der Waals surface area contributed by atoms with Gasteiger partial charge in [0.05, 0.1) is 15.7 Å². The molecule has 0 aliphatic carbocycles. The van der Waals surface area contributed by atoms with Gasteiger partial charge < -0.3 is 10.4 Å². The van der Waals surface area contributed by atoms with Crippen molar-refractivity contribution in [2.45, 2.75) is 24.4 Å². The van der Waals surface area contributed by atoms with E-state index in [1.54, 1.807) is 6.92 Å². The zero-order chi connectivity index (χ0) is 15.1. The number of carboxylic acid groups (broad SMARTS) is 1. The number of nitrogens with zero attached hydrogens (tertiary/aromatic N) is 2. The molecule has 0 aliphatic heterocycles. The van der Waals surface area contributed by atoms with Crippen LogP contribution >= 0.6 is 11.8 Å². The second-order valence-corrected chi connectivity index (χ2v) is 4.76. The van der Waals surface area contributed by atoms with Crippen LogP contribution < -0.4 is 5.32 Å². The number of aliphatic carboxylic acids is 1. The zero-order valence-corrected chi connectivity index (χ0v) is 11.4. The van der Waals surface area contributed by atoms with E-state index in [9.17, 15) is 19.7 Å². The second-order valence-electron chi connectivity index (χ2n) is 3.77. The predicted octanol–water partition coefficient (Wildman–Crippen LogP) is 1.06. The van der Waals surface area contributed by atoms with Gasteiger partial charge in [0.2, 0.25) is 5.91 Å². The van der Waals surface area contributed by atoms with Crippen LogP contribution in [-0.2, 0) is 9.59 Å². The molecule has 0 radical (unpaired) electrons. The number of thioether (sulfide) groups is 1. The first-order chi connectivity index (χ1) is 9.43. The molecule has 108 valence electrons. The molecule has 1 amide bonds.